The van der Waals surface area contributed by atoms with Crippen LogP contribution in [-0.4, -0.2) is 77.7 Å². The minimum atomic E-state index is -4.37. The molecular weight excluding hydrogens is 846 g/mol. The number of nitrogens with one attached hydrogen (secondary N) is 1. The highest BCUT2D eigenvalue weighted by atomic mass is 35.7. The molecule has 14 nitrogen and oxygen atoms in total. The van der Waals surface area contributed by atoms with Gasteiger partial charge in [-0.15, -0.1) is 0 Å². The zero-order chi connectivity index (χ0) is 44.5. The zero-order valence-electron chi connectivity index (χ0n) is 33.7. The second kappa shape index (κ2) is 17.4. The lowest BCUT2D eigenvalue weighted by Gasteiger charge is -2.32. The van der Waals surface area contributed by atoms with Crippen molar-refractivity contribution in [1.29, 1.82) is 0 Å². The number of rotatable bonds is 8. The van der Waals surface area contributed by atoms with Crippen LogP contribution in [0.5, 0.6) is 11.8 Å². The van der Waals surface area contributed by atoms with E-state index in [9.17, 15) is 34.4 Å². The number of nitrogen functional groups attached to an aromatic ring is 1. The van der Waals surface area contributed by atoms with Gasteiger partial charge in [-0.2, -0.15) is 0 Å². The van der Waals surface area contributed by atoms with Crippen LogP contribution in [-0.2, 0) is 37.7 Å². The third kappa shape index (κ3) is 11.0. The smallest absolute Gasteiger partial charge is 0.480 e. The molecule has 2 aliphatic rings. The number of halogens is 5. The van der Waals surface area contributed by atoms with Crippen LogP contribution in [0.25, 0.3) is 0 Å². The molecule has 0 amide bonds. The lowest BCUT2D eigenvalue weighted by atomic mass is 9.80. The van der Waals surface area contributed by atoms with E-state index >= 15 is 0 Å². The molecule has 2 saturated heterocycles. The van der Waals surface area contributed by atoms with Gasteiger partial charge in [-0.05, 0) is 91.8 Å². The van der Waals surface area contributed by atoms with E-state index in [1.165, 1.54) is 26.5 Å². The quantitative estimate of drug-likeness (QED) is 0.131. The van der Waals surface area contributed by atoms with E-state index < -0.39 is 77.6 Å². The maximum atomic E-state index is 14.0. The molecule has 0 unspecified atom stereocenters. The number of aromatic nitrogens is 2. The van der Waals surface area contributed by atoms with Gasteiger partial charge in [-0.25, -0.2) is 44.4 Å². The summed E-state index contributed by atoms with van der Waals surface area (Å²) in [4.78, 5) is 6.79. The van der Waals surface area contributed by atoms with Crippen molar-refractivity contribution < 1.29 is 62.5 Å². The van der Waals surface area contributed by atoms with Gasteiger partial charge < -0.3 is 33.8 Å². The maximum absolute atomic E-state index is 14.0. The van der Waals surface area contributed by atoms with Gasteiger partial charge in [0.05, 0.1) is 42.3 Å². The Balaban J connectivity index is 0.000000217. The maximum Gasteiger partial charge on any atom is 0.496 e. The highest BCUT2D eigenvalue weighted by molar-refractivity contribution is 8.13. The summed E-state index contributed by atoms with van der Waals surface area (Å²) in [5.41, 5.74) is 5.58. The number of nitrogens with zero attached hydrogens (tertiary/aromatic N) is 2. The Morgan fingerprint density at radius 1 is 0.644 bits per heavy atom. The minimum absolute atomic E-state index is 0.0311. The summed E-state index contributed by atoms with van der Waals surface area (Å²) in [5.74, 6) is -3.76. The second-order valence-corrected chi connectivity index (χ2v) is 19.2. The second-order valence-electron chi connectivity index (χ2n) is 15.1. The Hall–Kier alpha value is -4.18. The van der Waals surface area contributed by atoms with Crippen molar-refractivity contribution in [1.82, 2.24) is 9.97 Å². The van der Waals surface area contributed by atoms with Gasteiger partial charge >= 0.3 is 14.2 Å². The molecule has 2 aromatic carbocycles. The number of nitrogens with two attached hydrogens (primary N) is 1. The van der Waals surface area contributed by atoms with Gasteiger partial charge in [0.2, 0.25) is 11.8 Å². The van der Waals surface area contributed by atoms with E-state index in [1.807, 2.05) is 55.4 Å². The van der Waals surface area contributed by atoms with Crippen LogP contribution in [0.15, 0.2) is 70.7 Å². The molecule has 6 rings (SSSR count). The Morgan fingerprint density at radius 2 is 1.03 bits per heavy atom. The van der Waals surface area contributed by atoms with Crippen LogP contribution in [0.4, 0.5) is 28.9 Å². The normalized spacial score (nSPS) is 17.6. The van der Waals surface area contributed by atoms with Crippen molar-refractivity contribution in [2.75, 3.05) is 24.7 Å². The summed E-state index contributed by atoms with van der Waals surface area (Å²) in [6.07, 6.45) is 3.11. The Bertz CT molecular complexity index is 2380. The van der Waals surface area contributed by atoms with Gasteiger partial charge in [-0.1, -0.05) is 0 Å². The number of methoxy groups -OCH3 is 2. The van der Waals surface area contributed by atoms with Crippen molar-refractivity contribution in [3.05, 3.63) is 84.2 Å². The predicted octanol–water partition coefficient (Wildman–Crippen LogP) is 5.33. The van der Waals surface area contributed by atoms with E-state index in [-0.39, 0.29) is 22.8 Å². The van der Waals surface area contributed by atoms with Crippen molar-refractivity contribution in [3.8, 4) is 11.8 Å². The number of hydrogen-bond donors (Lipinski definition) is 2. The zero-order valence-corrected chi connectivity index (χ0v) is 36.1. The molecule has 0 spiro atoms. The number of pyridine rings is 2. The molecule has 320 valence electrons. The SMILES string of the molecule is COc1ncc(B2OC(C)(C)C(C)(C)O2)cc1N.COc1ncc(B2OC(C)(C)C(C)(C)O2)cc1NS(=O)(=O)c1ccc(F)cc1F.O=S(=O)(Cl)c1ccc(F)cc1F. The summed E-state index contributed by atoms with van der Waals surface area (Å²) >= 11 is 0. The number of ether oxygens (including phenoxy) is 2. The largest absolute Gasteiger partial charge is 0.496 e. The number of sulfonamides is 1. The summed E-state index contributed by atoms with van der Waals surface area (Å²) in [5, 5.41) is 0. The molecule has 0 atom stereocenters. The van der Waals surface area contributed by atoms with Crippen LogP contribution in [0.2, 0.25) is 0 Å². The number of anilines is 2. The fraction of sp³-hybridized carbons (Fsp3) is 0.389. The third-order valence-electron chi connectivity index (χ3n) is 9.79. The summed E-state index contributed by atoms with van der Waals surface area (Å²) in [6, 6.07) is 7.44. The molecule has 2 aliphatic heterocycles. The molecule has 0 aliphatic carbocycles. The van der Waals surface area contributed by atoms with Crippen LogP contribution < -0.4 is 30.9 Å². The van der Waals surface area contributed by atoms with Gasteiger partial charge in [0.1, 0.15) is 38.7 Å². The predicted molar refractivity (Wildman–Crippen MR) is 214 cm³/mol. The Kier molecular flexibility index (Phi) is 14.0. The molecule has 4 heterocycles. The first-order valence-corrected chi connectivity index (χ1v) is 21.3. The van der Waals surface area contributed by atoms with Crippen molar-refractivity contribution in [2.45, 2.75) is 87.6 Å². The third-order valence-corrected chi connectivity index (χ3v) is 12.5. The fourth-order valence-electron chi connectivity index (χ4n) is 5.14. The highest BCUT2D eigenvalue weighted by Gasteiger charge is 2.53. The molecular formula is C36H43B2ClF4N4O10S2. The van der Waals surface area contributed by atoms with E-state index in [2.05, 4.69) is 14.7 Å². The first-order valence-electron chi connectivity index (χ1n) is 17.5. The van der Waals surface area contributed by atoms with Crippen LogP contribution in [0.1, 0.15) is 55.4 Å². The molecule has 3 N–H and O–H groups in total. The first kappa shape index (κ1) is 47.5. The minimum Gasteiger partial charge on any atom is -0.480 e. The van der Waals surface area contributed by atoms with Crippen molar-refractivity contribution in [3.63, 3.8) is 0 Å². The molecule has 59 heavy (non-hydrogen) atoms. The first-order chi connectivity index (χ1) is 27.0. The average molecular weight is 889 g/mol. The highest BCUT2D eigenvalue weighted by Crippen LogP contribution is 2.38. The average Bonchev–Trinajstić information content (AvgIpc) is 3.47. The van der Waals surface area contributed by atoms with E-state index in [0.29, 0.717) is 29.2 Å². The van der Waals surface area contributed by atoms with Crippen LogP contribution in [0, 0.1) is 23.3 Å². The van der Waals surface area contributed by atoms with Gasteiger partial charge in [0.25, 0.3) is 19.1 Å². The molecule has 0 bridgehead atoms. The lowest BCUT2D eigenvalue weighted by Crippen LogP contribution is -2.41. The summed E-state index contributed by atoms with van der Waals surface area (Å²) in [7, 11) is -2.06. The Morgan fingerprint density at radius 3 is 1.41 bits per heavy atom. The fourth-order valence-corrected chi connectivity index (χ4v) is 7.15. The van der Waals surface area contributed by atoms with Crippen LogP contribution in [0.3, 0.4) is 0 Å². The van der Waals surface area contributed by atoms with Crippen molar-refractivity contribution >= 4 is 66.3 Å². The van der Waals surface area contributed by atoms with E-state index in [4.69, 9.17) is 44.5 Å². The number of benzene rings is 2. The molecule has 23 heteroatoms. The standard InChI is InChI=1S/C18H21BF2N2O5S.C12H19BN2O3.C6H3ClF2O2S/c1-17(2)18(3,4)28-19(27-17)11-8-14(16(26-5)22-10-11)23-29(24,25)15-7-6-12(20)9-13(15)21;1-11(2)12(3,4)18-13(17-11)8-6-9(14)10(16-5)15-7-8;7-12(10,11)6-2-1-4(8)3-5(6)9/h6-10,23H,1-5H3;6-7H,14H2,1-5H3;1-3H. The number of hydrogen-bond acceptors (Lipinski definition) is 13. The molecule has 2 fully saturated rings. The Labute approximate surface area is 345 Å². The topological polar surface area (TPSA) is 187 Å². The lowest BCUT2D eigenvalue weighted by molar-refractivity contribution is 0.00578. The summed E-state index contributed by atoms with van der Waals surface area (Å²) < 4.78 is 134. The molecule has 0 radical (unpaired) electrons. The molecule has 2 aromatic heterocycles. The summed E-state index contributed by atoms with van der Waals surface area (Å²) in [6.45, 7) is 15.5. The monoisotopic (exact) mass is 888 g/mol. The van der Waals surface area contributed by atoms with Crippen molar-refractivity contribution in [2.24, 2.45) is 0 Å². The van der Waals surface area contributed by atoms with Gasteiger partial charge in [0, 0.05) is 46.1 Å². The van der Waals surface area contributed by atoms with E-state index in [0.717, 1.165) is 29.7 Å². The van der Waals surface area contributed by atoms with Gasteiger partial charge in [-0.3, -0.25) is 4.72 Å². The molecule has 0 saturated carbocycles. The van der Waals surface area contributed by atoms with Crippen LogP contribution >= 0.6 is 10.7 Å². The van der Waals surface area contributed by atoms with E-state index in [1.54, 1.807) is 12.3 Å². The molecule has 4 aromatic rings. The van der Waals surface area contributed by atoms with Gasteiger partial charge in [0.15, 0.2) is 0 Å².